The zero-order valence-electron chi connectivity index (χ0n) is 11.3. The number of hydrogen-bond donors (Lipinski definition) is 1. The highest BCUT2D eigenvalue weighted by atomic mass is 16.5. The average Bonchev–Trinajstić information content (AvgIpc) is 2.67. The van der Waals surface area contributed by atoms with Crippen molar-refractivity contribution in [2.75, 3.05) is 20.3 Å². The van der Waals surface area contributed by atoms with Gasteiger partial charge in [-0.1, -0.05) is 20.3 Å². The van der Waals surface area contributed by atoms with Crippen molar-refractivity contribution in [3.8, 4) is 0 Å². The highest BCUT2D eigenvalue weighted by Gasteiger charge is 2.26. The van der Waals surface area contributed by atoms with E-state index in [1.165, 1.54) is 25.7 Å². The van der Waals surface area contributed by atoms with Crippen LogP contribution in [0.3, 0.4) is 0 Å². The van der Waals surface area contributed by atoms with Crippen molar-refractivity contribution in [2.24, 2.45) is 5.92 Å². The van der Waals surface area contributed by atoms with Gasteiger partial charge >= 0.3 is 0 Å². The Bertz CT molecular complexity index is 187. The van der Waals surface area contributed by atoms with Gasteiger partial charge in [0.05, 0.1) is 6.61 Å². The summed E-state index contributed by atoms with van der Waals surface area (Å²) in [5.41, 5.74) is 3.65. The average molecular weight is 228 g/mol. The molecule has 1 heterocycles. The standard InChI is InChI=1S/C13H28N2O/c1-5-7-11(2)12(3)14-15-9-6-8-13(15)10-16-4/h11-14H,5-10H2,1-4H3/t11-,12+,13-/m1/s1. The summed E-state index contributed by atoms with van der Waals surface area (Å²) in [5, 5.41) is 2.39. The molecule has 0 amide bonds. The van der Waals surface area contributed by atoms with E-state index in [0.717, 1.165) is 19.1 Å². The summed E-state index contributed by atoms with van der Waals surface area (Å²) in [5.74, 6) is 0.744. The Balaban J connectivity index is 2.34. The SMILES string of the molecule is CCC[C@@H](C)[C@H](C)NN1CCC[C@@H]1COC. The summed E-state index contributed by atoms with van der Waals surface area (Å²) in [6.07, 6.45) is 5.12. The van der Waals surface area contributed by atoms with E-state index in [1.807, 2.05) is 0 Å². The third kappa shape index (κ3) is 4.04. The normalized spacial score (nSPS) is 25.9. The van der Waals surface area contributed by atoms with Crippen molar-refractivity contribution in [3.05, 3.63) is 0 Å². The predicted molar refractivity (Wildman–Crippen MR) is 68.3 cm³/mol. The molecule has 0 saturated carbocycles. The number of ether oxygens (including phenoxy) is 1. The fourth-order valence-electron chi connectivity index (χ4n) is 2.47. The topological polar surface area (TPSA) is 24.5 Å². The molecule has 0 aliphatic carbocycles. The van der Waals surface area contributed by atoms with Crippen LogP contribution in [0.25, 0.3) is 0 Å². The Labute approximate surface area is 101 Å². The second-order valence-corrected chi connectivity index (χ2v) is 5.13. The lowest BCUT2D eigenvalue weighted by Gasteiger charge is -2.31. The summed E-state index contributed by atoms with van der Waals surface area (Å²) in [6.45, 7) is 8.90. The Hall–Kier alpha value is -0.120. The molecule has 1 aliphatic rings. The van der Waals surface area contributed by atoms with Gasteiger partial charge in [-0.3, -0.25) is 5.43 Å². The largest absolute Gasteiger partial charge is 0.383 e. The number of rotatable bonds is 7. The van der Waals surface area contributed by atoms with Gasteiger partial charge in [0, 0.05) is 25.7 Å². The van der Waals surface area contributed by atoms with Crippen molar-refractivity contribution in [2.45, 2.75) is 58.5 Å². The fraction of sp³-hybridized carbons (Fsp3) is 1.00. The third-order valence-corrected chi connectivity index (χ3v) is 3.70. The molecule has 3 heteroatoms. The lowest BCUT2D eigenvalue weighted by atomic mass is 9.99. The Morgan fingerprint density at radius 1 is 1.44 bits per heavy atom. The molecule has 1 aliphatic heterocycles. The molecule has 0 aromatic heterocycles. The second-order valence-electron chi connectivity index (χ2n) is 5.13. The van der Waals surface area contributed by atoms with E-state index < -0.39 is 0 Å². The number of methoxy groups -OCH3 is 1. The second kappa shape index (κ2) is 7.25. The number of hydrazine groups is 1. The zero-order valence-corrected chi connectivity index (χ0v) is 11.3. The predicted octanol–water partition coefficient (Wildman–Crippen LogP) is 2.43. The smallest absolute Gasteiger partial charge is 0.0632 e. The van der Waals surface area contributed by atoms with Crippen LogP contribution in [-0.4, -0.2) is 37.4 Å². The van der Waals surface area contributed by atoms with Crippen molar-refractivity contribution in [1.82, 2.24) is 10.4 Å². The van der Waals surface area contributed by atoms with Crippen LogP contribution in [-0.2, 0) is 4.74 Å². The van der Waals surface area contributed by atoms with Gasteiger partial charge in [0.1, 0.15) is 0 Å². The molecule has 0 aromatic rings. The van der Waals surface area contributed by atoms with Gasteiger partial charge < -0.3 is 4.74 Å². The lowest BCUT2D eigenvalue weighted by Crippen LogP contribution is -2.49. The molecule has 0 aromatic carbocycles. The summed E-state index contributed by atoms with van der Waals surface area (Å²) in [6, 6.07) is 1.14. The van der Waals surface area contributed by atoms with Gasteiger partial charge in [0.15, 0.2) is 0 Å². The van der Waals surface area contributed by atoms with Crippen molar-refractivity contribution < 1.29 is 4.74 Å². The first-order valence-electron chi connectivity index (χ1n) is 6.70. The molecule has 0 spiro atoms. The van der Waals surface area contributed by atoms with Crippen LogP contribution < -0.4 is 5.43 Å². The van der Waals surface area contributed by atoms with Crippen LogP contribution in [0, 0.1) is 5.92 Å². The van der Waals surface area contributed by atoms with E-state index in [4.69, 9.17) is 4.74 Å². The molecular weight excluding hydrogens is 200 g/mol. The summed E-state index contributed by atoms with van der Waals surface area (Å²) < 4.78 is 5.26. The van der Waals surface area contributed by atoms with Crippen LogP contribution in [0.1, 0.15) is 46.5 Å². The van der Waals surface area contributed by atoms with Crippen molar-refractivity contribution in [1.29, 1.82) is 0 Å². The molecule has 1 rings (SSSR count). The fourth-order valence-corrected chi connectivity index (χ4v) is 2.47. The van der Waals surface area contributed by atoms with Crippen LogP contribution in [0.2, 0.25) is 0 Å². The van der Waals surface area contributed by atoms with E-state index in [0.29, 0.717) is 12.1 Å². The van der Waals surface area contributed by atoms with E-state index in [1.54, 1.807) is 7.11 Å². The van der Waals surface area contributed by atoms with Crippen LogP contribution in [0.15, 0.2) is 0 Å². The first-order valence-corrected chi connectivity index (χ1v) is 6.70. The summed E-state index contributed by atoms with van der Waals surface area (Å²) >= 11 is 0. The minimum atomic E-state index is 0.567. The van der Waals surface area contributed by atoms with Gasteiger partial charge in [-0.15, -0.1) is 0 Å². The zero-order chi connectivity index (χ0) is 12.0. The molecule has 1 N–H and O–H groups in total. The lowest BCUT2D eigenvalue weighted by molar-refractivity contribution is 0.0644. The maximum Gasteiger partial charge on any atom is 0.0632 e. The molecular formula is C13H28N2O. The van der Waals surface area contributed by atoms with E-state index >= 15 is 0 Å². The minimum absolute atomic E-state index is 0.567. The van der Waals surface area contributed by atoms with Crippen LogP contribution in [0.4, 0.5) is 0 Å². The quantitative estimate of drug-likeness (QED) is 0.724. The number of nitrogens with one attached hydrogen (secondary N) is 1. The molecule has 96 valence electrons. The van der Waals surface area contributed by atoms with Crippen LogP contribution in [0.5, 0.6) is 0 Å². The Kier molecular flexibility index (Phi) is 6.32. The Morgan fingerprint density at radius 2 is 2.19 bits per heavy atom. The van der Waals surface area contributed by atoms with Gasteiger partial charge in [-0.25, -0.2) is 5.01 Å². The van der Waals surface area contributed by atoms with Crippen molar-refractivity contribution in [3.63, 3.8) is 0 Å². The van der Waals surface area contributed by atoms with Gasteiger partial charge in [-0.2, -0.15) is 0 Å². The molecule has 1 saturated heterocycles. The summed E-state index contributed by atoms with van der Waals surface area (Å²) in [4.78, 5) is 0. The Morgan fingerprint density at radius 3 is 2.81 bits per heavy atom. The summed E-state index contributed by atoms with van der Waals surface area (Å²) in [7, 11) is 1.79. The van der Waals surface area contributed by atoms with Gasteiger partial charge in [-0.05, 0) is 32.1 Å². The van der Waals surface area contributed by atoms with E-state index in [2.05, 4.69) is 31.2 Å². The van der Waals surface area contributed by atoms with Gasteiger partial charge in [0.25, 0.3) is 0 Å². The monoisotopic (exact) mass is 228 g/mol. The first-order chi connectivity index (χ1) is 7.69. The molecule has 3 atom stereocenters. The van der Waals surface area contributed by atoms with E-state index in [9.17, 15) is 0 Å². The molecule has 0 radical (unpaired) electrons. The maximum absolute atomic E-state index is 5.26. The third-order valence-electron chi connectivity index (χ3n) is 3.70. The number of nitrogens with zero attached hydrogens (tertiary/aromatic N) is 1. The molecule has 0 bridgehead atoms. The number of hydrogen-bond acceptors (Lipinski definition) is 3. The molecule has 16 heavy (non-hydrogen) atoms. The minimum Gasteiger partial charge on any atom is -0.383 e. The van der Waals surface area contributed by atoms with Crippen molar-refractivity contribution >= 4 is 0 Å². The maximum atomic E-state index is 5.26. The molecule has 3 nitrogen and oxygen atoms in total. The first kappa shape index (κ1) is 13.9. The molecule has 0 unspecified atom stereocenters. The molecule has 1 fully saturated rings. The van der Waals surface area contributed by atoms with Gasteiger partial charge in [0.2, 0.25) is 0 Å². The highest BCUT2D eigenvalue weighted by molar-refractivity contribution is 4.78. The highest BCUT2D eigenvalue weighted by Crippen LogP contribution is 2.17. The van der Waals surface area contributed by atoms with Crippen LogP contribution >= 0.6 is 0 Å². The van der Waals surface area contributed by atoms with E-state index in [-0.39, 0.29) is 0 Å².